The second kappa shape index (κ2) is 6.67. The topological polar surface area (TPSA) is 40.5 Å². The van der Waals surface area contributed by atoms with Crippen LogP contribution in [0.4, 0.5) is 0 Å². The summed E-state index contributed by atoms with van der Waals surface area (Å²) in [5.74, 6) is 0.551. The number of benzene rings is 1. The van der Waals surface area contributed by atoms with Gasteiger partial charge >= 0.3 is 0 Å². The Bertz CT molecular complexity index is 362. The number of rotatable bonds is 5. The monoisotopic (exact) mass is 253 g/mol. The number of aliphatic hydroxyl groups is 1. The molecule has 0 saturated heterocycles. The molecular formula is C13H19NO2S. The normalized spacial score (nSPS) is 12.2. The Morgan fingerprint density at radius 3 is 2.41 bits per heavy atom. The molecule has 0 saturated carbocycles. The molecule has 3 nitrogen and oxygen atoms in total. The maximum absolute atomic E-state index is 11.4. The minimum absolute atomic E-state index is 0.104. The molecule has 0 bridgehead atoms. The van der Waals surface area contributed by atoms with Gasteiger partial charge in [0.25, 0.3) is 0 Å². The molecule has 1 aromatic rings. The SMILES string of the molecule is CC[C@H](O)c1ccc(SCC(=O)N(C)C)cc1. The number of thioether (sulfide) groups is 1. The van der Waals surface area contributed by atoms with Crippen molar-refractivity contribution in [3.63, 3.8) is 0 Å². The van der Waals surface area contributed by atoms with Crippen molar-refractivity contribution in [2.24, 2.45) is 0 Å². The summed E-state index contributed by atoms with van der Waals surface area (Å²) in [4.78, 5) is 14.0. The standard InChI is InChI=1S/C13H19NO2S/c1-4-12(15)10-5-7-11(8-6-10)17-9-13(16)14(2)3/h5-8,12,15H,4,9H2,1-3H3/t12-/m0/s1. The maximum Gasteiger partial charge on any atom is 0.232 e. The minimum Gasteiger partial charge on any atom is -0.388 e. The van der Waals surface area contributed by atoms with Crippen molar-refractivity contribution in [3.8, 4) is 0 Å². The largest absolute Gasteiger partial charge is 0.388 e. The summed E-state index contributed by atoms with van der Waals surface area (Å²) in [6.45, 7) is 1.95. The van der Waals surface area contributed by atoms with E-state index >= 15 is 0 Å². The van der Waals surface area contributed by atoms with Gasteiger partial charge in [0, 0.05) is 19.0 Å². The number of carbonyl (C=O) groups is 1. The molecular weight excluding hydrogens is 234 g/mol. The van der Waals surface area contributed by atoms with Crippen LogP contribution in [-0.2, 0) is 4.79 Å². The molecule has 0 fully saturated rings. The van der Waals surface area contributed by atoms with E-state index in [1.807, 2.05) is 31.2 Å². The highest BCUT2D eigenvalue weighted by Crippen LogP contribution is 2.22. The summed E-state index contributed by atoms with van der Waals surface area (Å²) in [6.07, 6.45) is 0.323. The van der Waals surface area contributed by atoms with Gasteiger partial charge in [0.15, 0.2) is 0 Å². The molecule has 0 spiro atoms. The zero-order valence-electron chi connectivity index (χ0n) is 10.5. The van der Waals surface area contributed by atoms with Crippen LogP contribution in [0.15, 0.2) is 29.2 Å². The molecule has 0 heterocycles. The van der Waals surface area contributed by atoms with Gasteiger partial charge in [0.05, 0.1) is 11.9 Å². The van der Waals surface area contributed by atoms with Crippen LogP contribution in [0.5, 0.6) is 0 Å². The van der Waals surface area contributed by atoms with Gasteiger partial charge in [0.2, 0.25) is 5.91 Å². The van der Waals surface area contributed by atoms with E-state index in [-0.39, 0.29) is 5.91 Å². The molecule has 0 aromatic heterocycles. The van der Waals surface area contributed by atoms with Crippen LogP contribution in [0.3, 0.4) is 0 Å². The first-order valence-electron chi connectivity index (χ1n) is 5.65. The smallest absolute Gasteiger partial charge is 0.232 e. The highest BCUT2D eigenvalue weighted by atomic mass is 32.2. The first-order chi connectivity index (χ1) is 8.04. The molecule has 1 rings (SSSR count). The predicted molar refractivity (Wildman–Crippen MR) is 71.1 cm³/mol. The van der Waals surface area contributed by atoms with Gasteiger partial charge in [-0.25, -0.2) is 0 Å². The van der Waals surface area contributed by atoms with Crippen molar-refractivity contribution in [1.82, 2.24) is 4.90 Å². The van der Waals surface area contributed by atoms with Crippen LogP contribution in [-0.4, -0.2) is 35.8 Å². The van der Waals surface area contributed by atoms with E-state index in [9.17, 15) is 9.90 Å². The second-order valence-electron chi connectivity index (χ2n) is 4.07. The van der Waals surface area contributed by atoms with Crippen molar-refractivity contribution in [1.29, 1.82) is 0 Å². The first-order valence-corrected chi connectivity index (χ1v) is 6.64. The van der Waals surface area contributed by atoms with E-state index in [1.165, 1.54) is 11.8 Å². The average molecular weight is 253 g/mol. The maximum atomic E-state index is 11.4. The summed E-state index contributed by atoms with van der Waals surface area (Å²) in [6, 6.07) is 7.72. The molecule has 0 aliphatic heterocycles. The third kappa shape index (κ3) is 4.40. The van der Waals surface area contributed by atoms with Crippen LogP contribution in [0.25, 0.3) is 0 Å². The summed E-state index contributed by atoms with van der Waals surface area (Å²) >= 11 is 1.51. The third-order valence-corrected chi connectivity index (χ3v) is 3.51. The molecule has 1 N–H and O–H groups in total. The van der Waals surface area contributed by atoms with E-state index in [1.54, 1.807) is 19.0 Å². The zero-order chi connectivity index (χ0) is 12.8. The molecule has 0 unspecified atom stereocenters. The fourth-order valence-electron chi connectivity index (χ4n) is 1.30. The molecule has 4 heteroatoms. The zero-order valence-corrected chi connectivity index (χ0v) is 11.3. The molecule has 0 radical (unpaired) electrons. The molecule has 0 aliphatic rings. The van der Waals surface area contributed by atoms with Gasteiger partial charge < -0.3 is 10.0 Å². The highest BCUT2D eigenvalue weighted by molar-refractivity contribution is 8.00. The van der Waals surface area contributed by atoms with Gasteiger partial charge in [-0.15, -0.1) is 11.8 Å². The molecule has 1 aromatic carbocycles. The van der Waals surface area contributed by atoms with E-state index in [4.69, 9.17) is 0 Å². The Hall–Kier alpha value is -1.00. The van der Waals surface area contributed by atoms with Gasteiger partial charge in [-0.05, 0) is 24.1 Å². The lowest BCUT2D eigenvalue weighted by atomic mass is 10.1. The highest BCUT2D eigenvalue weighted by Gasteiger charge is 2.06. The van der Waals surface area contributed by atoms with Crippen molar-refractivity contribution in [2.45, 2.75) is 24.3 Å². The second-order valence-corrected chi connectivity index (χ2v) is 5.12. The van der Waals surface area contributed by atoms with Gasteiger partial charge in [0.1, 0.15) is 0 Å². The Morgan fingerprint density at radius 2 is 1.94 bits per heavy atom. The van der Waals surface area contributed by atoms with Crippen molar-refractivity contribution in [2.75, 3.05) is 19.8 Å². The van der Waals surface area contributed by atoms with Gasteiger partial charge in [-0.3, -0.25) is 4.79 Å². The van der Waals surface area contributed by atoms with E-state index < -0.39 is 6.10 Å². The van der Waals surface area contributed by atoms with Crippen molar-refractivity contribution in [3.05, 3.63) is 29.8 Å². The fraction of sp³-hybridized carbons (Fsp3) is 0.462. The predicted octanol–water partition coefficient (Wildman–Crippen LogP) is 2.31. The molecule has 0 aliphatic carbocycles. The van der Waals surface area contributed by atoms with E-state index in [0.29, 0.717) is 12.2 Å². The lowest BCUT2D eigenvalue weighted by Crippen LogP contribution is -2.23. The Labute approximate surface area is 107 Å². The summed E-state index contributed by atoms with van der Waals surface area (Å²) < 4.78 is 0. The van der Waals surface area contributed by atoms with E-state index in [0.717, 1.165) is 10.5 Å². The minimum atomic E-state index is -0.391. The number of aliphatic hydroxyl groups excluding tert-OH is 1. The summed E-state index contributed by atoms with van der Waals surface area (Å²) in [7, 11) is 3.51. The fourth-order valence-corrected chi connectivity index (χ4v) is 2.17. The quantitative estimate of drug-likeness (QED) is 0.819. The number of hydrogen-bond acceptors (Lipinski definition) is 3. The Morgan fingerprint density at radius 1 is 1.35 bits per heavy atom. The van der Waals surface area contributed by atoms with Crippen LogP contribution < -0.4 is 0 Å². The molecule has 1 amide bonds. The lowest BCUT2D eigenvalue weighted by Gasteiger charge is -2.11. The molecule has 17 heavy (non-hydrogen) atoms. The number of carbonyl (C=O) groups excluding carboxylic acids is 1. The van der Waals surface area contributed by atoms with Crippen LogP contribution >= 0.6 is 11.8 Å². The Balaban J connectivity index is 2.54. The third-order valence-electron chi connectivity index (χ3n) is 2.51. The van der Waals surface area contributed by atoms with Crippen LogP contribution in [0, 0.1) is 0 Å². The number of amides is 1. The summed E-state index contributed by atoms with van der Waals surface area (Å²) in [5.41, 5.74) is 0.927. The van der Waals surface area contributed by atoms with Crippen LogP contribution in [0.2, 0.25) is 0 Å². The Kier molecular flexibility index (Phi) is 5.51. The lowest BCUT2D eigenvalue weighted by molar-refractivity contribution is -0.125. The molecule has 1 atom stereocenters. The van der Waals surface area contributed by atoms with E-state index in [2.05, 4.69) is 0 Å². The number of hydrogen-bond donors (Lipinski definition) is 1. The van der Waals surface area contributed by atoms with Crippen molar-refractivity contribution >= 4 is 17.7 Å². The summed E-state index contributed by atoms with van der Waals surface area (Å²) in [5, 5.41) is 9.64. The molecule has 94 valence electrons. The first kappa shape index (κ1) is 14.1. The van der Waals surface area contributed by atoms with Gasteiger partial charge in [-0.1, -0.05) is 19.1 Å². The average Bonchev–Trinajstić information content (AvgIpc) is 2.35. The van der Waals surface area contributed by atoms with Crippen molar-refractivity contribution < 1.29 is 9.90 Å². The van der Waals surface area contributed by atoms with Crippen LogP contribution in [0.1, 0.15) is 25.0 Å². The van der Waals surface area contributed by atoms with Gasteiger partial charge in [-0.2, -0.15) is 0 Å². The number of nitrogens with zero attached hydrogens (tertiary/aromatic N) is 1.